The molecule has 1 amide bonds. The molecule has 158 valence electrons. The smallest absolute Gasteiger partial charge is 0.413 e. The Morgan fingerprint density at radius 1 is 1.30 bits per heavy atom. The number of halogens is 3. The number of hydrogen-bond donors (Lipinski definition) is 1. The van der Waals surface area contributed by atoms with Gasteiger partial charge in [-0.05, 0) is 17.5 Å². The van der Waals surface area contributed by atoms with E-state index in [9.17, 15) is 23.1 Å². The highest BCUT2D eigenvalue weighted by molar-refractivity contribution is 5.86. The molecule has 1 aromatic carbocycles. The predicted molar refractivity (Wildman–Crippen MR) is 104 cm³/mol. The number of hydrogen-bond acceptors (Lipinski definition) is 4. The molecule has 0 aliphatic carbocycles. The lowest BCUT2D eigenvalue weighted by molar-refractivity contribution is 0.193. The SMILES string of the molecule is C=CC(N(C(=O)O)c1nc(OCc2ccc(C#N)cc2F)c(F)cc1F)C(C)(C)C. The summed E-state index contributed by atoms with van der Waals surface area (Å²) in [4.78, 5) is 16.2. The molecule has 1 atom stereocenters. The summed E-state index contributed by atoms with van der Waals surface area (Å²) in [5, 5.41) is 18.4. The van der Waals surface area contributed by atoms with Gasteiger partial charge >= 0.3 is 6.09 Å². The van der Waals surface area contributed by atoms with Crippen molar-refractivity contribution in [1.29, 1.82) is 5.26 Å². The van der Waals surface area contributed by atoms with Crippen molar-refractivity contribution in [2.24, 2.45) is 5.41 Å². The number of anilines is 1. The van der Waals surface area contributed by atoms with Crippen LogP contribution in [0.3, 0.4) is 0 Å². The monoisotopic (exact) mass is 419 g/mol. The molecule has 0 fully saturated rings. The van der Waals surface area contributed by atoms with Crippen molar-refractivity contribution >= 4 is 11.9 Å². The fourth-order valence-corrected chi connectivity index (χ4v) is 2.78. The van der Waals surface area contributed by atoms with Crippen LogP contribution in [-0.4, -0.2) is 22.2 Å². The Hall–Kier alpha value is -3.54. The molecule has 30 heavy (non-hydrogen) atoms. The summed E-state index contributed by atoms with van der Waals surface area (Å²) in [7, 11) is 0. The fourth-order valence-electron chi connectivity index (χ4n) is 2.78. The highest BCUT2D eigenvalue weighted by atomic mass is 19.1. The van der Waals surface area contributed by atoms with Crippen molar-refractivity contribution in [3.63, 3.8) is 0 Å². The highest BCUT2D eigenvalue weighted by Crippen LogP contribution is 2.32. The van der Waals surface area contributed by atoms with Gasteiger partial charge in [-0.3, -0.25) is 4.90 Å². The van der Waals surface area contributed by atoms with E-state index in [1.54, 1.807) is 26.8 Å². The van der Waals surface area contributed by atoms with Crippen LogP contribution in [-0.2, 0) is 6.61 Å². The topological polar surface area (TPSA) is 86.5 Å². The average Bonchev–Trinajstić information content (AvgIpc) is 2.65. The summed E-state index contributed by atoms with van der Waals surface area (Å²) < 4.78 is 47.8. The zero-order chi connectivity index (χ0) is 22.6. The maximum Gasteiger partial charge on any atom is 0.413 e. The van der Waals surface area contributed by atoms with Crippen molar-refractivity contribution in [3.8, 4) is 11.9 Å². The number of nitriles is 1. The van der Waals surface area contributed by atoms with Gasteiger partial charge in [0.15, 0.2) is 17.5 Å². The number of benzene rings is 1. The molecule has 0 saturated heterocycles. The molecule has 0 radical (unpaired) electrons. The normalized spacial score (nSPS) is 12.0. The van der Waals surface area contributed by atoms with Gasteiger partial charge in [-0.15, -0.1) is 6.58 Å². The van der Waals surface area contributed by atoms with Crippen LogP contribution >= 0.6 is 0 Å². The lowest BCUT2D eigenvalue weighted by Crippen LogP contribution is -2.46. The van der Waals surface area contributed by atoms with Crippen LogP contribution in [0, 0.1) is 34.2 Å². The molecular formula is C21H20F3N3O3. The van der Waals surface area contributed by atoms with Gasteiger partial charge in [0.05, 0.1) is 17.7 Å². The van der Waals surface area contributed by atoms with Crippen molar-refractivity contribution in [2.75, 3.05) is 4.90 Å². The largest absolute Gasteiger partial charge is 0.471 e. The van der Waals surface area contributed by atoms with E-state index in [4.69, 9.17) is 10.00 Å². The summed E-state index contributed by atoms with van der Waals surface area (Å²) >= 11 is 0. The van der Waals surface area contributed by atoms with Gasteiger partial charge in [-0.1, -0.05) is 32.9 Å². The van der Waals surface area contributed by atoms with Crippen molar-refractivity contribution in [2.45, 2.75) is 33.4 Å². The Labute approximate surface area is 171 Å². The van der Waals surface area contributed by atoms with Crippen LogP contribution in [0.5, 0.6) is 5.88 Å². The number of amides is 1. The number of carbonyl (C=O) groups is 1. The van der Waals surface area contributed by atoms with Crippen LogP contribution < -0.4 is 9.64 Å². The van der Waals surface area contributed by atoms with Crippen LogP contribution in [0.2, 0.25) is 0 Å². The number of pyridine rings is 1. The van der Waals surface area contributed by atoms with Gasteiger partial charge in [0.1, 0.15) is 12.4 Å². The molecule has 0 spiro atoms. The minimum absolute atomic E-state index is 0.00910. The molecule has 1 N–H and O–H groups in total. The molecule has 2 aromatic rings. The molecule has 1 aromatic heterocycles. The standard InChI is InChI=1S/C21H20F3N3O3/c1-5-17(21(2,3)4)27(20(28)29)18-15(23)9-16(24)19(26-18)30-11-13-7-6-12(10-25)8-14(13)22/h5-9,17H,1,11H2,2-4H3,(H,28,29). The van der Waals surface area contributed by atoms with Gasteiger partial charge in [0, 0.05) is 11.6 Å². The quantitative estimate of drug-likeness (QED) is 0.664. The summed E-state index contributed by atoms with van der Waals surface area (Å²) in [6, 6.07) is 4.97. The summed E-state index contributed by atoms with van der Waals surface area (Å²) in [6.07, 6.45) is -0.192. The summed E-state index contributed by atoms with van der Waals surface area (Å²) in [5.41, 5.74) is -0.566. The number of carboxylic acid groups (broad SMARTS) is 1. The fraction of sp³-hybridized carbons (Fsp3) is 0.286. The van der Waals surface area contributed by atoms with Gasteiger partial charge in [-0.2, -0.15) is 10.2 Å². The number of rotatable bonds is 6. The second-order valence-electron chi connectivity index (χ2n) is 7.49. The number of ether oxygens (including phenoxy) is 1. The zero-order valence-electron chi connectivity index (χ0n) is 16.6. The second kappa shape index (κ2) is 8.86. The van der Waals surface area contributed by atoms with E-state index >= 15 is 0 Å². The van der Waals surface area contributed by atoms with E-state index in [1.807, 2.05) is 0 Å². The highest BCUT2D eigenvalue weighted by Gasteiger charge is 2.35. The molecule has 0 aliphatic rings. The third kappa shape index (κ3) is 4.89. The molecular weight excluding hydrogens is 399 g/mol. The second-order valence-corrected chi connectivity index (χ2v) is 7.49. The number of nitrogens with zero attached hydrogens (tertiary/aromatic N) is 3. The molecule has 9 heteroatoms. The van der Waals surface area contributed by atoms with Gasteiger partial charge in [-0.25, -0.2) is 18.0 Å². The predicted octanol–water partition coefficient (Wildman–Crippen LogP) is 5.03. The maximum absolute atomic E-state index is 14.4. The Balaban J connectivity index is 2.42. The summed E-state index contributed by atoms with van der Waals surface area (Å²) in [6.45, 7) is 8.30. The Morgan fingerprint density at radius 2 is 1.97 bits per heavy atom. The summed E-state index contributed by atoms with van der Waals surface area (Å²) in [5.74, 6) is -4.50. The lowest BCUT2D eigenvalue weighted by atomic mass is 9.86. The first-order chi connectivity index (χ1) is 14.0. The van der Waals surface area contributed by atoms with Gasteiger partial charge < -0.3 is 9.84 Å². The first-order valence-electron chi connectivity index (χ1n) is 8.81. The van der Waals surface area contributed by atoms with E-state index in [2.05, 4.69) is 11.6 Å². The first-order valence-corrected chi connectivity index (χ1v) is 8.81. The molecule has 0 saturated carbocycles. The molecule has 2 rings (SSSR count). The van der Waals surface area contributed by atoms with Crippen molar-refractivity contribution in [1.82, 2.24) is 4.98 Å². The van der Waals surface area contributed by atoms with E-state index in [0.717, 1.165) is 6.07 Å². The third-order valence-corrected chi connectivity index (χ3v) is 4.25. The van der Waals surface area contributed by atoms with Crippen LogP contribution in [0.25, 0.3) is 0 Å². The number of aromatic nitrogens is 1. The third-order valence-electron chi connectivity index (χ3n) is 4.25. The van der Waals surface area contributed by atoms with Crippen molar-refractivity contribution < 1.29 is 27.8 Å². The average molecular weight is 419 g/mol. The molecule has 0 bridgehead atoms. The van der Waals surface area contributed by atoms with Gasteiger partial charge in [0.2, 0.25) is 0 Å². The molecule has 1 unspecified atom stereocenters. The molecule has 1 heterocycles. The van der Waals surface area contributed by atoms with Crippen LogP contribution in [0.1, 0.15) is 31.9 Å². The molecule has 6 nitrogen and oxygen atoms in total. The zero-order valence-corrected chi connectivity index (χ0v) is 16.6. The van der Waals surface area contributed by atoms with Crippen LogP contribution in [0.4, 0.5) is 23.8 Å². The van der Waals surface area contributed by atoms with E-state index in [1.165, 1.54) is 18.2 Å². The van der Waals surface area contributed by atoms with E-state index in [-0.39, 0.29) is 11.1 Å². The van der Waals surface area contributed by atoms with Crippen molar-refractivity contribution in [3.05, 3.63) is 65.5 Å². The minimum Gasteiger partial charge on any atom is -0.471 e. The Morgan fingerprint density at radius 3 is 2.47 bits per heavy atom. The Bertz CT molecular complexity index is 1010. The first kappa shape index (κ1) is 22.7. The minimum atomic E-state index is -1.52. The maximum atomic E-state index is 14.4. The lowest BCUT2D eigenvalue weighted by Gasteiger charge is -2.35. The van der Waals surface area contributed by atoms with E-state index in [0.29, 0.717) is 11.0 Å². The molecule has 0 aliphatic heterocycles. The Kier molecular flexibility index (Phi) is 6.72. The van der Waals surface area contributed by atoms with Gasteiger partial charge in [0.25, 0.3) is 5.88 Å². The van der Waals surface area contributed by atoms with E-state index < -0.39 is 53.3 Å². The van der Waals surface area contributed by atoms with Crippen LogP contribution in [0.15, 0.2) is 36.9 Å².